The van der Waals surface area contributed by atoms with E-state index in [1.165, 1.54) is 80.6 Å². The number of sulfone groups is 1. The Morgan fingerprint density at radius 1 is 0.531 bits per heavy atom. The van der Waals surface area contributed by atoms with Gasteiger partial charge < -0.3 is 70.3 Å². The lowest BCUT2D eigenvalue weighted by atomic mass is 9.91. The second-order valence-corrected chi connectivity index (χ2v) is 32.0. The minimum absolute atomic E-state index is 0.0304. The Hall–Kier alpha value is -6.91. The fourth-order valence-corrected chi connectivity index (χ4v) is 14.1. The predicted molar refractivity (Wildman–Crippen MR) is 371 cm³/mol. The third kappa shape index (κ3) is 22.6. The van der Waals surface area contributed by atoms with Gasteiger partial charge in [-0.1, -0.05) is 109 Å². The van der Waals surface area contributed by atoms with Crippen LogP contribution < -0.4 is 21.3 Å². The molecule has 3 rings (SSSR count). The largest absolute Gasteiger partial charge is 0.444 e. The van der Waals surface area contributed by atoms with Crippen molar-refractivity contribution < 1.29 is 75.8 Å². The van der Waals surface area contributed by atoms with Crippen LogP contribution in [0.25, 0.3) is 0 Å². The highest BCUT2D eigenvalue weighted by molar-refractivity contribution is 7.91. The molecule has 0 bridgehead atoms. The van der Waals surface area contributed by atoms with E-state index in [4.69, 9.17) is 4.74 Å². The van der Waals surface area contributed by atoms with Gasteiger partial charge in [0.2, 0.25) is 65.0 Å². The van der Waals surface area contributed by atoms with Crippen molar-refractivity contribution in [2.75, 3.05) is 73.4 Å². The number of rotatable bonds is 16. The van der Waals surface area contributed by atoms with Gasteiger partial charge in [0.15, 0.2) is 9.84 Å². The molecule has 0 aromatic carbocycles. The van der Waals surface area contributed by atoms with Gasteiger partial charge in [0, 0.05) is 61.8 Å². The predicted octanol–water partition coefficient (Wildman–Crippen LogP) is 2.65. The van der Waals surface area contributed by atoms with Crippen LogP contribution in [0.15, 0.2) is 12.2 Å². The molecule has 1 unspecified atom stereocenters. The number of carbonyl (C=O) groups excluding carboxylic acids is 12. The molecule has 0 spiro atoms. The summed E-state index contributed by atoms with van der Waals surface area (Å²) in [6, 6.07) is -14.8. The first-order chi connectivity index (χ1) is 45.4. The van der Waals surface area contributed by atoms with Gasteiger partial charge in [-0.25, -0.2) is 13.2 Å². The first-order valence-corrected chi connectivity index (χ1v) is 36.8. The first kappa shape index (κ1) is 85.3. The molecule has 29 heteroatoms. The molecule has 0 aliphatic carbocycles. The fraction of sp³-hybridized carbons (Fsp3) is 0.797. The molecular weight excluding hydrogens is 1280 g/mol. The van der Waals surface area contributed by atoms with E-state index < -0.39 is 184 Å². The number of aliphatic hydroxyl groups excluding tert-OH is 1. The Morgan fingerprint density at radius 2 is 0.969 bits per heavy atom. The van der Waals surface area contributed by atoms with E-state index in [-0.39, 0.29) is 93.2 Å². The van der Waals surface area contributed by atoms with E-state index >= 15 is 28.8 Å². The number of carbonyl (C=O) groups is 12. The van der Waals surface area contributed by atoms with Gasteiger partial charge in [-0.2, -0.15) is 0 Å². The van der Waals surface area contributed by atoms with Crippen molar-refractivity contribution in [3.63, 3.8) is 0 Å². The second-order valence-electron chi connectivity index (χ2n) is 29.7. The van der Waals surface area contributed by atoms with E-state index in [0.29, 0.717) is 0 Å². The van der Waals surface area contributed by atoms with Crippen LogP contribution in [-0.2, 0) is 67.3 Å². The van der Waals surface area contributed by atoms with Gasteiger partial charge in [-0.05, 0) is 101 Å². The lowest BCUT2D eigenvalue weighted by molar-refractivity contribution is -0.157. The van der Waals surface area contributed by atoms with E-state index in [1.54, 1.807) is 60.6 Å². The topological polar surface area (TPSA) is 342 Å². The summed E-state index contributed by atoms with van der Waals surface area (Å²) in [6.07, 6.45) is 0.00218. The molecular formula is C69H120N12O16S. The number of ether oxygens (including phenoxy) is 1. The average Bonchev–Trinajstić information content (AvgIpc) is 1.47. The van der Waals surface area contributed by atoms with Gasteiger partial charge in [0.05, 0.1) is 24.2 Å². The quantitative estimate of drug-likeness (QED) is 0.139. The van der Waals surface area contributed by atoms with Crippen LogP contribution in [0.3, 0.4) is 0 Å². The highest BCUT2D eigenvalue weighted by Crippen LogP contribution is 2.29. The maximum Gasteiger partial charge on any atom is 0.410 e. The van der Waals surface area contributed by atoms with Crippen molar-refractivity contribution in [3.05, 3.63) is 12.2 Å². The third-order valence-corrected chi connectivity index (χ3v) is 20.6. The number of allylic oxidation sites excluding steroid dienone is 2. The lowest BCUT2D eigenvalue weighted by Crippen LogP contribution is -2.64. The lowest BCUT2D eigenvalue weighted by Gasteiger charge is -2.41. The van der Waals surface area contributed by atoms with E-state index in [2.05, 4.69) is 21.3 Å². The smallest absolute Gasteiger partial charge is 0.410 e. The molecule has 0 aromatic heterocycles. The molecule has 3 aliphatic heterocycles. The number of aliphatic hydroxyl groups is 1. The SMILES string of the molecule is C/C=C/C[C@@H](C)[C@@H](O)[C@H]1C(=O)N[C@@H](CC)C(=O)N2CC(OC(=O)N3CCS(=O)(=O)CC3)C[C@@H]2C(=O)N(C)[C@@H](CC(C)C)C(=O)N[C@@H](C(C)C)C(=O)N(C)[C@@H](CC(C)C)C(=O)N[C@@H](C)C(=O)N[C@H](C)C(=O)N(C)[C@@H](CC(C)C)C(=O)N(C)[C@@H](CC(C)C)C(=O)N(C)[C@@H](C(C)C)C(=O)N1C. The number of nitrogens with one attached hydrogen (secondary N) is 4. The van der Waals surface area contributed by atoms with Crippen molar-refractivity contribution in [3.8, 4) is 0 Å². The molecule has 14 atom stereocenters. The monoisotopic (exact) mass is 1400 g/mol. The second kappa shape index (κ2) is 37.5. The minimum atomic E-state index is -3.43. The fourth-order valence-electron chi connectivity index (χ4n) is 12.9. The summed E-state index contributed by atoms with van der Waals surface area (Å²) in [5, 5.41) is 23.4. The summed E-state index contributed by atoms with van der Waals surface area (Å²) in [5.74, 6) is -11.7. The molecule has 3 heterocycles. The van der Waals surface area contributed by atoms with E-state index in [9.17, 15) is 42.3 Å². The molecule has 12 amide bonds. The first-order valence-electron chi connectivity index (χ1n) is 34.9. The van der Waals surface area contributed by atoms with Crippen molar-refractivity contribution in [1.82, 2.24) is 60.5 Å². The molecule has 0 radical (unpaired) electrons. The zero-order valence-corrected chi connectivity index (χ0v) is 63.6. The highest BCUT2D eigenvalue weighted by Gasteiger charge is 2.49. The number of fused-ring (bicyclic) bond motifs is 1. The maximum absolute atomic E-state index is 15.4. The molecule has 28 nitrogen and oxygen atoms in total. The van der Waals surface area contributed by atoms with Crippen LogP contribution in [0.4, 0.5) is 4.79 Å². The Bertz CT molecular complexity index is 2950. The number of likely N-dealkylation sites (N-methyl/N-ethyl adjacent to an activating group) is 6. The van der Waals surface area contributed by atoms with Crippen LogP contribution in [-0.4, -0.2) is 276 Å². The van der Waals surface area contributed by atoms with Crippen molar-refractivity contribution in [2.45, 2.75) is 241 Å². The van der Waals surface area contributed by atoms with Gasteiger partial charge in [-0.3, -0.25) is 52.7 Å². The average molecular weight is 1410 g/mol. The highest BCUT2D eigenvalue weighted by atomic mass is 32.2. The summed E-state index contributed by atoms with van der Waals surface area (Å²) in [6.45, 7) is 28.6. The summed E-state index contributed by atoms with van der Waals surface area (Å²) in [7, 11) is 4.92. The zero-order chi connectivity index (χ0) is 75.0. The molecule has 98 heavy (non-hydrogen) atoms. The van der Waals surface area contributed by atoms with Crippen molar-refractivity contribution in [2.24, 2.45) is 41.4 Å². The van der Waals surface area contributed by atoms with Crippen LogP contribution in [0.5, 0.6) is 0 Å². The molecule has 3 saturated heterocycles. The normalized spacial score (nSPS) is 28.4. The molecule has 0 saturated carbocycles. The number of hydrogen-bond acceptors (Lipinski definition) is 16. The molecule has 3 aliphatic rings. The van der Waals surface area contributed by atoms with Crippen molar-refractivity contribution >= 4 is 80.9 Å². The van der Waals surface area contributed by atoms with E-state index in [1.807, 2.05) is 55.4 Å². The van der Waals surface area contributed by atoms with Crippen LogP contribution in [0.2, 0.25) is 0 Å². The summed E-state index contributed by atoms with van der Waals surface area (Å²) < 4.78 is 30.7. The Balaban J connectivity index is 2.42. The number of nitrogens with zero attached hydrogens (tertiary/aromatic N) is 8. The van der Waals surface area contributed by atoms with E-state index in [0.717, 1.165) is 14.7 Å². The van der Waals surface area contributed by atoms with Crippen LogP contribution in [0, 0.1) is 41.4 Å². The number of amides is 12. The Morgan fingerprint density at radius 3 is 1.44 bits per heavy atom. The minimum Gasteiger partial charge on any atom is -0.444 e. The van der Waals surface area contributed by atoms with Crippen LogP contribution in [0.1, 0.15) is 163 Å². The molecule has 0 aromatic rings. The van der Waals surface area contributed by atoms with Gasteiger partial charge >= 0.3 is 6.09 Å². The van der Waals surface area contributed by atoms with Crippen molar-refractivity contribution in [1.29, 1.82) is 0 Å². The molecule has 3 fully saturated rings. The standard InChI is InChI=1S/C69H120N12O16S/c1-24-26-27-44(15)57(82)56-61(86)72-48(25-2)63(88)81-37-47(97-69(94)80-28-30-98(95,96)31-29-80)36-53(81)66(91)74(18)50(33-39(5)6)60(85)73-54(42(11)12)67(92)75(19)49(32-38(3)4)59(84)70-45(16)58(83)71-46(17)62(87)76(20)51(34-40(7)8)64(89)77(21)52(35-41(9)10)65(90)78(22)55(43(13)14)68(93)79(56)23/h24,26,38-57,82H,25,27-37H2,1-23H3,(H,70,84)(H,71,83)(H,72,86)(H,73,85)/b26-24+/t44-,45+,46-,47?,48+,49+,50+,51+,52+,53-,54+,55+,56+,57-/m1/s1. The van der Waals surface area contributed by atoms with Gasteiger partial charge in [0.25, 0.3) is 0 Å². The Labute approximate surface area is 583 Å². The Kier molecular flexibility index (Phi) is 32.6. The zero-order valence-electron chi connectivity index (χ0n) is 62.7. The van der Waals surface area contributed by atoms with Gasteiger partial charge in [-0.15, -0.1) is 0 Å². The summed E-state index contributed by atoms with van der Waals surface area (Å²) in [4.78, 5) is 188. The molecule has 558 valence electrons. The summed E-state index contributed by atoms with van der Waals surface area (Å²) >= 11 is 0. The van der Waals surface area contributed by atoms with Crippen LogP contribution >= 0.6 is 0 Å². The third-order valence-electron chi connectivity index (χ3n) is 19.0. The summed E-state index contributed by atoms with van der Waals surface area (Å²) in [5.41, 5.74) is 0. The molecule has 5 N–H and O–H groups in total. The van der Waals surface area contributed by atoms with Gasteiger partial charge in [0.1, 0.15) is 72.6 Å². The maximum atomic E-state index is 15.4. The number of hydrogen-bond donors (Lipinski definition) is 5.